The van der Waals surface area contributed by atoms with Crippen molar-refractivity contribution in [3.05, 3.63) is 21.1 Å². The van der Waals surface area contributed by atoms with E-state index in [9.17, 15) is 5.11 Å². The van der Waals surface area contributed by atoms with Gasteiger partial charge in [0.15, 0.2) is 0 Å². The average molecular weight is 308 g/mol. The van der Waals surface area contributed by atoms with Gasteiger partial charge in [0.25, 0.3) is 0 Å². The molecule has 0 saturated heterocycles. The molecule has 2 rings (SSSR count). The summed E-state index contributed by atoms with van der Waals surface area (Å²) in [7, 11) is 0. The number of halogens is 1. The van der Waals surface area contributed by atoms with Gasteiger partial charge in [0, 0.05) is 13.9 Å². The predicted molar refractivity (Wildman–Crippen MR) is 63.5 cm³/mol. The van der Waals surface area contributed by atoms with Crippen LogP contribution in [0.25, 0.3) is 10.1 Å². The molecule has 0 radical (unpaired) electrons. The van der Waals surface area contributed by atoms with Gasteiger partial charge in [-0.2, -0.15) is 0 Å². The minimum atomic E-state index is 0.316. The average Bonchev–Trinajstić information content (AvgIpc) is 2.48. The minimum Gasteiger partial charge on any atom is -0.507 e. The summed E-state index contributed by atoms with van der Waals surface area (Å²) in [6.45, 7) is 0. The minimum absolute atomic E-state index is 0.316. The van der Waals surface area contributed by atoms with Crippen LogP contribution in [0.3, 0.4) is 0 Å². The molecule has 1 aromatic heterocycles. The molecule has 4 heteroatoms. The van der Waals surface area contributed by atoms with E-state index in [0.717, 1.165) is 18.6 Å². The number of phenols is 1. The first-order valence-corrected chi connectivity index (χ1v) is 5.68. The fourth-order valence-corrected chi connectivity index (χ4v) is 3.06. The molecule has 2 aromatic rings. The Morgan fingerprint density at radius 3 is 3.00 bits per heavy atom. The maximum Gasteiger partial charge on any atom is 0.125 e. The Morgan fingerprint density at radius 1 is 1.50 bits per heavy atom. The van der Waals surface area contributed by atoms with Crippen molar-refractivity contribution in [3.8, 4) is 5.75 Å². The smallest absolute Gasteiger partial charge is 0.125 e. The summed E-state index contributed by atoms with van der Waals surface area (Å²) in [5.74, 6) is 0.316. The summed E-state index contributed by atoms with van der Waals surface area (Å²) in [6.07, 6.45) is 0. The van der Waals surface area contributed by atoms with Crippen LogP contribution in [0.15, 0.2) is 22.4 Å². The van der Waals surface area contributed by atoms with Crippen molar-refractivity contribution in [2.45, 2.75) is 4.90 Å². The zero-order valence-electron chi connectivity index (χ0n) is 5.91. The Bertz CT molecular complexity index is 436. The molecule has 12 heavy (non-hydrogen) atoms. The lowest BCUT2D eigenvalue weighted by molar-refractivity contribution is 0.480. The summed E-state index contributed by atoms with van der Waals surface area (Å²) < 4.78 is 2.22. The number of fused-ring (bicyclic) bond motifs is 1. The van der Waals surface area contributed by atoms with Crippen molar-refractivity contribution in [1.82, 2.24) is 0 Å². The van der Waals surface area contributed by atoms with Crippen LogP contribution in [0.5, 0.6) is 5.75 Å². The highest BCUT2D eigenvalue weighted by molar-refractivity contribution is 14.1. The molecule has 0 aliphatic carbocycles. The summed E-state index contributed by atoms with van der Waals surface area (Å²) in [5.41, 5.74) is 0. The second kappa shape index (κ2) is 3.08. The SMILES string of the molecule is Oc1cc(S)c(I)c2sccc12. The third-order valence-corrected chi connectivity index (χ3v) is 4.84. The third kappa shape index (κ3) is 1.22. The fourth-order valence-electron chi connectivity index (χ4n) is 1.07. The van der Waals surface area contributed by atoms with Gasteiger partial charge < -0.3 is 5.11 Å². The number of hydrogen-bond acceptors (Lipinski definition) is 3. The molecular weight excluding hydrogens is 303 g/mol. The van der Waals surface area contributed by atoms with Gasteiger partial charge >= 0.3 is 0 Å². The van der Waals surface area contributed by atoms with Crippen LogP contribution in [-0.4, -0.2) is 5.11 Å². The molecule has 0 aliphatic heterocycles. The van der Waals surface area contributed by atoms with Crippen LogP contribution < -0.4 is 0 Å². The van der Waals surface area contributed by atoms with Crippen molar-refractivity contribution in [2.75, 3.05) is 0 Å². The predicted octanol–water partition coefficient (Wildman–Crippen LogP) is 3.50. The van der Waals surface area contributed by atoms with Gasteiger partial charge in [-0.1, -0.05) is 0 Å². The summed E-state index contributed by atoms with van der Waals surface area (Å²) in [4.78, 5) is 0.836. The van der Waals surface area contributed by atoms with Crippen LogP contribution >= 0.6 is 46.6 Å². The Labute approximate surface area is 93.0 Å². The quantitative estimate of drug-likeness (QED) is 0.564. The first-order valence-electron chi connectivity index (χ1n) is 3.28. The molecule has 0 bridgehead atoms. The van der Waals surface area contributed by atoms with E-state index in [1.54, 1.807) is 17.4 Å². The number of phenolic OH excluding ortho intramolecular Hbond substituents is 1. The highest BCUT2D eigenvalue weighted by Gasteiger charge is 2.07. The lowest BCUT2D eigenvalue weighted by Gasteiger charge is -2.00. The molecule has 62 valence electrons. The maximum atomic E-state index is 9.52. The monoisotopic (exact) mass is 308 g/mol. The van der Waals surface area contributed by atoms with E-state index < -0.39 is 0 Å². The summed E-state index contributed by atoms with van der Waals surface area (Å²) in [6, 6.07) is 3.60. The highest BCUT2D eigenvalue weighted by atomic mass is 127. The Morgan fingerprint density at radius 2 is 2.25 bits per heavy atom. The highest BCUT2D eigenvalue weighted by Crippen LogP contribution is 2.36. The van der Waals surface area contributed by atoms with Gasteiger partial charge in [-0.25, -0.2) is 0 Å². The first-order chi connectivity index (χ1) is 5.70. The molecule has 1 heterocycles. The van der Waals surface area contributed by atoms with Gasteiger partial charge in [-0.15, -0.1) is 24.0 Å². The second-order valence-electron chi connectivity index (χ2n) is 2.39. The van der Waals surface area contributed by atoms with Crippen molar-refractivity contribution in [3.63, 3.8) is 0 Å². The van der Waals surface area contributed by atoms with Gasteiger partial charge in [-0.3, -0.25) is 0 Å². The van der Waals surface area contributed by atoms with Crippen LogP contribution in [0, 0.1) is 3.57 Å². The van der Waals surface area contributed by atoms with Crippen LogP contribution in [-0.2, 0) is 0 Å². The zero-order chi connectivity index (χ0) is 8.72. The van der Waals surface area contributed by atoms with Crippen LogP contribution in [0.2, 0.25) is 0 Å². The van der Waals surface area contributed by atoms with E-state index in [1.165, 1.54) is 0 Å². The number of hydrogen-bond donors (Lipinski definition) is 2. The fraction of sp³-hybridized carbons (Fsp3) is 0. The number of aromatic hydroxyl groups is 1. The van der Waals surface area contributed by atoms with Gasteiger partial charge in [0.2, 0.25) is 0 Å². The van der Waals surface area contributed by atoms with Crippen LogP contribution in [0.1, 0.15) is 0 Å². The number of rotatable bonds is 0. The van der Waals surface area contributed by atoms with E-state index in [2.05, 4.69) is 35.2 Å². The number of thiophene rings is 1. The van der Waals surface area contributed by atoms with Crippen molar-refractivity contribution < 1.29 is 5.11 Å². The van der Waals surface area contributed by atoms with E-state index in [4.69, 9.17) is 0 Å². The molecule has 0 saturated carbocycles. The molecule has 0 aliphatic rings. The Balaban J connectivity index is 2.97. The number of thiol groups is 1. The summed E-state index contributed by atoms with van der Waals surface area (Å²) >= 11 is 8.12. The normalized spacial score (nSPS) is 10.8. The summed E-state index contributed by atoms with van der Waals surface area (Å²) in [5, 5.41) is 12.4. The molecule has 1 aromatic carbocycles. The van der Waals surface area contributed by atoms with Gasteiger partial charge in [0.05, 0.1) is 4.70 Å². The Hall–Kier alpha value is 0.0600. The van der Waals surface area contributed by atoms with Crippen molar-refractivity contribution in [2.24, 2.45) is 0 Å². The van der Waals surface area contributed by atoms with E-state index >= 15 is 0 Å². The molecule has 0 unspecified atom stereocenters. The number of benzene rings is 1. The largest absolute Gasteiger partial charge is 0.507 e. The zero-order valence-corrected chi connectivity index (χ0v) is 9.78. The molecule has 0 atom stereocenters. The molecule has 0 amide bonds. The molecular formula is C8H5IOS2. The molecule has 0 spiro atoms. The topological polar surface area (TPSA) is 20.2 Å². The van der Waals surface area contributed by atoms with E-state index in [0.29, 0.717) is 5.75 Å². The van der Waals surface area contributed by atoms with Gasteiger partial charge in [-0.05, 0) is 40.1 Å². The molecule has 1 nitrogen and oxygen atoms in total. The van der Waals surface area contributed by atoms with E-state index in [-0.39, 0.29) is 0 Å². The third-order valence-electron chi connectivity index (χ3n) is 1.64. The maximum absolute atomic E-state index is 9.52. The van der Waals surface area contributed by atoms with Crippen molar-refractivity contribution in [1.29, 1.82) is 0 Å². The molecule has 1 N–H and O–H groups in total. The van der Waals surface area contributed by atoms with Crippen molar-refractivity contribution >= 4 is 56.6 Å². The van der Waals surface area contributed by atoms with Crippen LogP contribution in [0.4, 0.5) is 0 Å². The van der Waals surface area contributed by atoms with Gasteiger partial charge in [0.1, 0.15) is 5.75 Å². The van der Waals surface area contributed by atoms with E-state index in [1.807, 2.05) is 11.4 Å². The first kappa shape index (κ1) is 8.65. The lowest BCUT2D eigenvalue weighted by atomic mass is 10.2. The second-order valence-corrected chi connectivity index (χ2v) is 4.87. The molecule has 0 fully saturated rings. The Kier molecular flexibility index (Phi) is 2.22. The standard InChI is InChI=1S/C8H5IOS2/c9-7-6(11)3-5(10)4-1-2-12-8(4)7/h1-3,10-11H. The lowest BCUT2D eigenvalue weighted by Crippen LogP contribution is -1.76.